The Kier molecular flexibility index (Phi) is 10.4. The third kappa shape index (κ3) is 8.25. The number of hydrogen-bond acceptors (Lipinski definition) is 9. The van der Waals surface area contributed by atoms with Crippen molar-refractivity contribution in [3.63, 3.8) is 0 Å². The van der Waals surface area contributed by atoms with Crippen LogP contribution >= 0.6 is 11.3 Å². The maximum atomic E-state index is 14.0. The number of fused-ring (bicyclic) bond motifs is 1. The highest BCUT2D eigenvalue weighted by molar-refractivity contribution is 7.20. The molecule has 2 aromatic carbocycles. The van der Waals surface area contributed by atoms with E-state index in [1.165, 1.54) is 41.7 Å². The molecule has 1 saturated heterocycles. The first-order valence-corrected chi connectivity index (χ1v) is 16.1. The molecule has 1 aliphatic heterocycles. The number of ketones is 1. The van der Waals surface area contributed by atoms with Gasteiger partial charge in [0.2, 0.25) is 23.5 Å². The average Bonchev–Trinajstić information content (AvgIpc) is 3.79. The van der Waals surface area contributed by atoms with Crippen LogP contribution in [-0.4, -0.2) is 64.2 Å². The molecule has 0 spiro atoms. The normalized spacial score (nSPS) is 16.4. The summed E-state index contributed by atoms with van der Waals surface area (Å²) < 4.78 is 19.5. The summed E-state index contributed by atoms with van der Waals surface area (Å²) in [4.78, 5) is 71.3. The van der Waals surface area contributed by atoms with Crippen molar-refractivity contribution < 1.29 is 32.9 Å². The van der Waals surface area contributed by atoms with Gasteiger partial charge in [-0.25, -0.2) is 9.37 Å². The minimum Gasteiger partial charge on any atom is -0.361 e. The largest absolute Gasteiger partial charge is 0.361 e. The van der Waals surface area contributed by atoms with Gasteiger partial charge in [0.25, 0.3) is 5.91 Å². The third-order valence-electron chi connectivity index (χ3n) is 7.90. The highest BCUT2D eigenvalue weighted by atomic mass is 32.1. The molecule has 0 radical (unpaired) electrons. The lowest BCUT2D eigenvalue weighted by Gasteiger charge is -2.27. The molecule has 246 valence electrons. The predicted molar refractivity (Wildman–Crippen MR) is 171 cm³/mol. The van der Waals surface area contributed by atoms with Gasteiger partial charge >= 0.3 is 0 Å². The van der Waals surface area contributed by atoms with E-state index in [9.17, 15) is 28.4 Å². The zero-order valence-electron chi connectivity index (χ0n) is 26.0. The van der Waals surface area contributed by atoms with Crippen LogP contribution in [0.4, 0.5) is 4.39 Å². The molecule has 4 atom stereocenters. The summed E-state index contributed by atoms with van der Waals surface area (Å²) in [6, 6.07) is 10.7. The number of aryl methyl sites for hydroxylation is 1. The van der Waals surface area contributed by atoms with Crippen LogP contribution in [-0.2, 0) is 20.8 Å². The van der Waals surface area contributed by atoms with Gasteiger partial charge in [-0.15, -0.1) is 11.3 Å². The molecular weight excluding hydrogens is 627 g/mol. The predicted octanol–water partition coefficient (Wildman–Crippen LogP) is 3.11. The summed E-state index contributed by atoms with van der Waals surface area (Å²) in [7, 11) is 0. The molecule has 1 unspecified atom stereocenters. The summed E-state index contributed by atoms with van der Waals surface area (Å²) in [6.07, 6.45) is 0.477. The van der Waals surface area contributed by atoms with Gasteiger partial charge in [-0.1, -0.05) is 43.3 Å². The Hall–Kier alpha value is -4.98. The van der Waals surface area contributed by atoms with Crippen molar-refractivity contribution in [1.82, 2.24) is 31.4 Å². The van der Waals surface area contributed by atoms with Crippen LogP contribution in [0.25, 0.3) is 10.2 Å². The van der Waals surface area contributed by atoms with Crippen molar-refractivity contribution in [1.29, 1.82) is 0 Å². The van der Waals surface area contributed by atoms with E-state index in [1.54, 1.807) is 32.9 Å². The molecule has 1 aliphatic rings. The number of rotatable bonds is 13. The summed E-state index contributed by atoms with van der Waals surface area (Å²) >= 11 is 1.19. The molecule has 4 aromatic rings. The second-order valence-electron chi connectivity index (χ2n) is 11.8. The third-order valence-corrected chi connectivity index (χ3v) is 8.95. The number of aromatic nitrogens is 2. The standard InChI is InChI=1S/C33H35FN6O6S/c1-17(2)27(39-31(44)25-14-18(3)46-40-25)32(45)37-24(15-19-8-10-21(34)11-9-19)30(43)36-23(16-20-12-13-35-29(20)42)28(41)33-38-22-6-4-5-7-26(22)47-33/h4-11,14,17,20,23-24,27H,12-13,15-16H2,1-3H3,(H,35,42)(H,36,43)(H,37,45)(H,39,44)/t20-,23?,24-,27-/m0/s1. The van der Waals surface area contributed by atoms with Crippen molar-refractivity contribution in [3.8, 4) is 0 Å². The number of thiazole rings is 1. The minimum absolute atomic E-state index is 0.00583. The number of carbonyl (C=O) groups is 5. The Morgan fingerprint density at radius 1 is 1.02 bits per heavy atom. The van der Waals surface area contributed by atoms with Gasteiger partial charge in [-0.2, -0.15) is 0 Å². The number of benzene rings is 2. The SMILES string of the molecule is Cc1cc(C(=O)N[C@H](C(=O)N[C@@H](Cc2ccc(F)cc2)C(=O)NC(C[C@@H]2CCNC2=O)C(=O)c2nc3ccccc3s2)C(C)C)no1. The van der Waals surface area contributed by atoms with Crippen LogP contribution in [0.2, 0.25) is 0 Å². The van der Waals surface area contributed by atoms with Gasteiger partial charge in [-0.3, -0.25) is 24.0 Å². The Balaban J connectivity index is 1.40. The monoisotopic (exact) mass is 662 g/mol. The van der Waals surface area contributed by atoms with Crippen LogP contribution in [0.5, 0.6) is 0 Å². The van der Waals surface area contributed by atoms with E-state index in [4.69, 9.17) is 4.52 Å². The van der Waals surface area contributed by atoms with Gasteiger partial charge in [0.15, 0.2) is 10.7 Å². The maximum Gasteiger partial charge on any atom is 0.274 e. The first kappa shape index (κ1) is 33.4. The second kappa shape index (κ2) is 14.6. The molecule has 12 nitrogen and oxygen atoms in total. The van der Waals surface area contributed by atoms with E-state index in [0.29, 0.717) is 29.8 Å². The zero-order chi connectivity index (χ0) is 33.7. The fourth-order valence-electron chi connectivity index (χ4n) is 5.34. The summed E-state index contributed by atoms with van der Waals surface area (Å²) in [5, 5.41) is 14.8. The molecule has 14 heteroatoms. The van der Waals surface area contributed by atoms with E-state index in [1.807, 2.05) is 12.1 Å². The molecule has 1 fully saturated rings. The lowest BCUT2D eigenvalue weighted by molar-refractivity contribution is -0.130. The molecule has 2 aromatic heterocycles. The first-order chi connectivity index (χ1) is 22.5. The summed E-state index contributed by atoms with van der Waals surface area (Å²) in [5.74, 6) is -3.60. The van der Waals surface area contributed by atoms with Gasteiger partial charge in [0.05, 0.1) is 16.3 Å². The number of halogens is 1. The molecule has 0 bridgehead atoms. The van der Waals surface area contributed by atoms with Crippen LogP contribution in [0.1, 0.15) is 58.3 Å². The molecule has 0 saturated carbocycles. The van der Waals surface area contributed by atoms with E-state index in [-0.39, 0.29) is 29.5 Å². The summed E-state index contributed by atoms with van der Waals surface area (Å²) in [5.41, 5.74) is 1.17. The zero-order valence-corrected chi connectivity index (χ0v) is 26.9. The van der Waals surface area contributed by atoms with Crippen molar-refractivity contribution in [3.05, 3.63) is 82.4 Å². The van der Waals surface area contributed by atoms with Gasteiger partial charge in [0, 0.05) is 24.9 Å². The number of nitrogens with zero attached hydrogens (tertiary/aromatic N) is 2. The summed E-state index contributed by atoms with van der Waals surface area (Å²) in [6.45, 7) is 5.54. The number of para-hydroxylation sites is 1. The first-order valence-electron chi connectivity index (χ1n) is 15.3. The van der Waals surface area contributed by atoms with E-state index >= 15 is 0 Å². The highest BCUT2D eigenvalue weighted by Crippen LogP contribution is 2.25. The number of carbonyl (C=O) groups excluding carboxylic acids is 5. The highest BCUT2D eigenvalue weighted by Gasteiger charge is 2.36. The molecule has 4 N–H and O–H groups in total. The van der Waals surface area contributed by atoms with Crippen LogP contribution in [0.15, 0.2) is 59.1 Å². The van der Waals surface area contributed by atoms with Crippen LogP contribution in [0.3, 0.4) is 0 Å². The Bertz CT molecular complexity index is 1750. The fourth-order valence-corrected chi connectivity index (χ4v) is 6.30. The van der Waals surface area contributed by atoms with Crippen molar-refractivity contribution in [2.45, 2.75) is 58.2 Å². The molecular formula is C33H35FN6O6S. The number of hydrogen-bond donors (Lipinski definition) is 4. The quantitative estimate of drug-likeness (QED) is 0.158. The van der Waals surface area contributed by atoms with Crippen LogP contribution < -0.4 is 21.3 Å². The lowest BCUT2D eigenvalue weighted by Crippen LogP contribution is -2.57. The smallest absolute Gasteiger partial charge is 0.274 e. The minimum atomic E-state index is -1.23. The fraction of sp³-hybridized carbons (Fsp3) is 0.364. The number of amides is 4. The number of nitrogens with one attached hydrogen (secondary N) is 4. The lowest BCUT2D eigenvalue weighted by atomic mass is 9.95. The Morgan fingerprint density at radius 2 is 1.74 bits per heavy atom. The second-order valence-corrected chi connectivity index (χ2v) is 12.9. The van der Waals surface area contributed by atoms with Gasteiger partial charge in [0.1, 0.15) is 23.7 Å². The van der Waals surface area contributed by atoms with E-state index in [2.05, 4.69) is 31.4 Å². The van der Waals surface area contributed by atoms with E-state index in [0.717, 1.165) is 4.70 Å². The van der Waals surface area contributed by atoms with Crippen molar-refractivity contribution in [2.24, 2.45) is 11.8 Å². The molecule has 5 rings (SSSR count). The molecule has 0 aliphatic carbocycles. The Labute approximate surface area is 273 Å². The van der Waals surface area contributed by atoms with Crippen LogP contribution in [0, 0.1) is 24.6 Å². The average molecular weight is 663 g/mol. The number of Topliss-reactive ketones (excluding diaryl/α,β-unsaturated/α-hetero) is 1. The van der Waals surface area contributed by atoms with E-state index < -0.39 is 59.3 Å². The maximum absolute atomic E-state index is 14.0. The topological polar surface area (TPSA) is 172 Å². The van der Waals surface area contributed by atoms with Gasteiger partial charge < -0.3 is 25.8 Å². The molecule has 3 heterocycles. The van der Waals surface area contributed by atoms with Crippen molar-refractivity contribution in [2.75, 3.05) is 6.54 Å². The molecule has 4 amide bonds. The van der Waals surface area contributed by atoms with Crippen molar-refractivity contribution >= 4 is 51.0 Å². The molecule has 47 heavy (non-hydrogen) atoms. The van der Waals surface area contributed by atoms with Gasteiger partial charge in [-0.05, 0) is 55.5 Å². The Morgan fingerprint density at radius 3 is 2.38 bits per heavy atom.